The van der Waals surface area contributed by atoms with Crippen LogP contribution in [0, 0.1) is 0 Å². The van der Waals surface area contributed by atoms with E-state index in [2.05, 4.69) is 11.6 Å². The van der Waals surface area contributed by atoms with Crippen LogP contribution in [0.25, 0.3) is 12.2 Å². The van der Waals surface area contributed by atoms with Gasteiger partial charge in [-0.05, 0) is 31.2 Å². The van der Waals surface area contributed by atoms with Gasteiger partial charge in [-0.1, -0.05) is 12.7 Å². The molecule has 0 saturated heterocycles. The van der Waals surface area contributed by atoms with E-state index in [9.17, 15) is 0 Å². The van der Waals surface area contributed by atoms with Gasteiger partial charge in [0.15, 0.2) is 0 Å². The average Bonchev–Trinajstić information content (AvgIpc) is 2.37. The van der Waals surface area contributed by atoms with Crippen molar-refractivity contribution >= 4 is 12.2 Å². The third-order valence-corrected chi connectivity index (χ3v) is 1.30. The number of aromatic amines is 1. The topological polar surface area (TPSA) is 15.8 Å². The predicted molar refractivity (Wildman–Crippen MR) is 45.6 cm³/mol. The number of rotatable bonds is 2. The molecule has 0 radical (unpaired) electrons. The maximum atomic E-state index is 3.65. The molecule has 1 N–H and O–H groups in total. The van der Waals surface area contributed by atoms with Crippen LogP contribution in [0.4, 0.5) is 0 Å². The van der Waals surface area contributed by atoms with Crippen LogP contribution >= 0.6 is 0 Å². The summed E-state index contributed by atoms with van der Waals surface area (Å²) in [4.78, 5) is 3.16. The van der Waals surface area contributed by atoms with E-state index in [0.717, 1.165) is 11.4 Å². The summed E-state index contributed by atoms with van der Waals surface area (Å²) >= 11 is 0. The zero-order valence-electron chi connectivity index (χ0n) is 6.09. The molecule has 1 heteroatoms. The number of aromatic nitrogens is 1. The number of nitrogens with one attached hydrogen (secondary N) is 1. The number of allylic oxidation sites excluding steroid dienone is 1. The highest BCUT2D eigenvalue weighted by molar-refractivity contribution is 5.51. The first-order valence-corrected chi connectivity index (χ1v) is 3.31. The molecule has 0 aliphatic carbocycles. The molecule has 0 amide bonds. The highest BCUT2D eigenvalue weighted by Crippen LogP contribution is 2.03. The molecule has 1 aromatic rings. The van der Waals surface area contributed by atoms with Crippen molar-refractivity contribution < 1.29 is 0 Å². The van der Waals surface area contributed by atoms with Crippen LogP contribution < -0.4 is 0 Å². The van der Waals surface area contributed by atoms with Crippen LogP contribution in [0.3, 0.4) is 0 Å². The molecule has 0 atom stereocenters. The fourth-order valence-electron chi connectivity index (χ4n) is 0.825. The first-order valence-electron chi connectivity index (χ1n) is 3.31. The molecule has 1 aromatic heterocycles. The van der Waals surface area contributed by atoms with Crippen LogP contribution in [0.5, 0.6) is 0 Å². The van der Waals surface area contributed by atoms with Gasteiger partial charge >= 0.3 is 0 Å². The molecular weight excluding hydrogens is 122 g/mol. The van der Waals surface area contributed by atoms with Crippen molar-refractivity contribution in [1.82, 2.24) is 4.98 Å². The van der Waals surface area contributed by atoms with Crippen LogP contribution in [0.1, 0.15) is 18.3 Å². The molecule has 0 fully saturated rings. The second kappa shape index (κ2) is 3.06. The first-order chi connectivity index (χ1) is 4.86. The predicted octanol–water partition coefficient (Wildman–Crippen LogP) is 2.69. The van der Waals surface area contributed by atoms with Gasteiger partial charge in [0.1, 0.15) is 0 Å². The molecule has 1 heterocycles. The minimum atomic E-state index is 1.06. The van der Waals surface area contributed by atoms with E-state index >= 15 is 0 Å². The summed E-state index contributed by atoms with van der Waals surface area (Å²) < 4.78 is 0. The number of hydrogen-bond donors (Lipinski definition) is 1. The van der Waals surface area contributed by atoms with E-state index in [0.29, 0.717) is 0 Å². The summed E-state index contributed by atoms with van der Waals surface area (Å²) in [5.41, 5.74) is 2.19. The van der Waals surface area contributed by atoms with Gasteiger partial charge in [0.05, 0.1) is 0 Å². The molecule has 1 nitrogen and oxygen atoms in total. The van der Waals surface area contributed by atoms with Gasteiger partial charge in [0.2, 0.25) is 0 Å². The van der Waals surface area contributed by atoms with Crippen LogP contribution in [-0.4, -0.2) is 4.98 Å². The Morgan fingerprint density at radius 2 is 2.10 bits per heavy atom. The second-order valence-corrected chi connectivity index (χ2v) is 2.07. The normalized spacial score (nSPS) is 10.5. The van der Waals surface area contributed by atoms with Crippen LogP contribution in [0.15, 0.2) is 24.8 Å². The summed E-state index contributed by atoms with van der Waals surface area (Å²) in [6.45, 7) is 5.64. The average molecular weight is 133 g/mol. The van der Waals surface area contributed by atoms with Crippen molar-refractivity contribution in [3.05, 3.63) is 36.2 Å². The lowest BCUT2D eigenvalue weighted by Crippen LogP contribution is -1.70. The molecule has 0 aromatic carbocycles. The smallest absolute Gasteiger partial charge is 0.0381 e. The summed E-state index contributed by atoms with van der Waals surface area (Å²) in [6, 6.07) is 4.03. The maximum Gasteiger partial charge on any atom is 0.0381 e. The molecule has 0 spiro atoms. The van der Waals surface area contributed by atoms with Crippen molar-refractivity contribution in [2.75, 3.05) is 0 Å². The van der Waals surface area contributed by atoms with Crippen molar-refractivity contribution in [2.45, 2.75) is 6.92 Å². The van der Waals surface area contributed by atoms with Gasteiger partial charge in [0, 0.05) is 11.4 Å². The molecule has 1 rings (SSSR count). The van der Waals surface area contributed by atoms with Crippen molar-refractivity contribution in [3.63, 3.8) is 0 Å². The molecule has 0 aliphatic rings. The highest BCUT2D eigenvalue weighted by Gasteiger charge is 1.87. The Morgan fingerprint density at radius 3 is 2.60 bits per heavy atom. The Bertz CT molecular complexity index is 243. The largest absolute Gasteiger partial charge is 0.356 e. The monoisotopic (exact) mass is 133 g/mol. The number of H-pyrrole nitrogens is 1. The summed E-state index contributed by atoms with van der Waals surface area (Å²) in [5.74, 6) is 0. The van der Waals surface area contributed by atoms with E-state index in [1.807, 2.05) is 31.2 Å². The SMILES string of the molecule is C=Cc1ccc(/C=C\C)[nH]1. The van der Waals surface area contributed by atoms with E-state index in [4.69, 9.17) is 0 Å². The minimum absolute atomic E-state index is 1.06. The Labute approximate surface area is 61.1 Å². The van der Waals surface area contributed by atoms with Crippen molar-refractivity contribution in [3.8, 4) is 0 Å². The quantitative estimate of drug-likeness (QED) is 0.638. The third kappa shape index (κ3) is 1.38. The lowest BCUT2D eigenvalue weighted by molar-refractivity contribution is 1.34. The van der Waals surface area contributed by atoms with Crippen LogP contribution in [0.2, 0.25) is 0 Å². The van der Waals surface area contributed by atoms with Crippen molar-refractivity contribution in [1.29, 1.82) is 0 Å². The van der Waals surface area contributed by atoms with E-state index in [1.165, 1.54) is 0 Å². The zero-order valence-corrected chi connectivity index (χ0v) is 6.09. The third-order valence-electron chi connectivity index (χ3n) is 1.30. The Morgan fingerprint density at radius 1 is 1.40 bits per heavy atom. The van der Waals surface area contributed by atoms with Gasteiger partial charge in [0.25, 0.3) is 0 Å². The maximum absolute atomic E-state index is 3.65. The second-order valence-electron chi connectivity index (χ2n) is 2.07. The Kier molecular flexibility index (Phi) is 2.11. The molecule has 52 valence electrons. The molecule has 0 unspecified atom stereocenters. The van der Waals surface area contributed by atoms with E-state index < -0.39 is 0 Å². The lowest BCUT2D eigenvalue weighted by Gasteiger charge is -1.83. The fraction of sp³-hybridized carbons (Fsp3) is 0.111. The molecule has 0 bridgehead atoms. The lowest BCUT2D eigenvalue weighted by atomic mass is 10.4. The first kappa shape index (κ1) is 6.87. The van der Waals surface area contributed by atoms with Gasteiger partial charge in [-0.3, -0.25) is 0 Å². The standard InChI is InChI=1S/C9H11N/c1-3-5-9-7-6-8(4-2)10-9/h3-7,10H,2H2,1H3/b5-3-. The molecule has 0 aliphatic heterocycles. The fourth-order valence-corrected chi connectivity index (χ4v) is 0.825. The van der Waals surface area contributed by atoms with E-state index in [1.54, 1.807) is 6.08 Å². The number of hydrogen-bond acceptors (Lipinski definition) is 0. The summed E-state index contributed by atoms with van der Waals surface area (Å²) in [7, 11) is 0. The molecule has 0 saturated carbocycles. The molecule has 10 heavy (non-hydrogen) atoms. The highest BCUT2D eigenvalue weighted by atomic mass is 14.7. The van der Waals surface area contributed by atoms with Gasteiger partial charge in [-0.25, -0.2) is 0 Å². The summed E-state index contributed by atoms with van der Waals surface area (Å²) in [6.07, 6.45) is 5.82. The van der Waals surface area contributed by atoms with Crippen molar-refractivity contribution in [2.24, 2.45) is 0 Å². The van der Waals surface area contributed by atoms with Gasteiger partial charge < -0.3 is 4.98 Å². The minimum Gasteiger partial charge on any atom is -0.356 e. The Balaban J connectivity index is 2.87. The van der Waals surface area contributed by atoms with Gasteiger partial charge in [-0.15, -0.1) is 0 Å². The Hall–Kier alpha value is -1.24. The summed E-state index contributed by atoms with van der Waals surface area (Å²) in [5, 5.41) is 0. The zero-order chi connectivity index (χ0) is 7.40. The van der Waals surface area contributed by atoms with E-state index in [-0.39, 0.29) is 0 Å². The molecular formula is C9H11N. The van der Waals surface area contributed by atoms with Gasteiger partial charge in [-0.2, -0.15) is 0 Å². The van der Waals surface area contributed by atoms with Crippen LogP contribution in [-0.2, 0) is 0 Å².